The van der Waals surface area contributed by atoms with E-state index >= 15 is 0 Å². The third-order valence-electron chi connectivity index (χ3n) is 2.72. The van der Waals surface area contributed by atoms with Gasteiger partial charge in [-0.2, -0.15) is 0 Å². The molecule has 0 radical (unpaired) electrons. The molecule has 0 amide bonds. The molecule has 3 heteroatoms. The van der Waals surface area contributed by atoms with Gasteiger partial charge in [0.2, 0.25) is 0 Å². The van der Waals surface area contributed by atoms with Crippen molar-refractivity contribution in [2.45, 2.75) is 38.8 Å². The molecule has 2 unspecified atom stereocenters. The maximum atomic E-state index is 9.73. The first kappa shape index (κ1) is 13.4. The zero-order valence-corrected chi connectivity index (χ0v) is 10.3. The minimum absolute atomic E-state index is 0.0472. The van der Waals surface area contributed by atoms with E-state index in [1.165, 1.54) is 0 Å². The van der Waals surface area contributed by atoms with Crippen molar-refractivity contribution in [3.63, 3.8) is 0 Å². The predicted octanol–water partition coefficient (Wildman–Crippen LogP) is 2.55. The molecule has 0 aromatic heterocycles. The Morgan fingerprint density at radius 1 is 1.35 bits per heavy atom. The van der Waals surface area contributed by atoms with Gasteiger partial charge in [-0.15, -0.1) is 6.42 Å². The zero-order chi connectivity index (χ0) is 12.8. The number of rotatable bonds is 5. The molecule has 0 saturated carbocycles. The second-order valence-electron chi connectivity index (χ2n) is 4.11. The summed E-state index contributed by atoms with van der Waals surface area (Å²) in [5.74, 6) is 2.83. The minimum atomic E-state index is -0.191. The van der Waals surface area contributed by atoms with Crippen LogP contribution in [0.4, 0.5) is 0 Å². The SMILES string of the molecule is C#CC(CCC)NC(C)c1c(O)cccc1O. The van der Waals surface area contributed by atoms with Gasteiger partial charge in [-0.3, -0.25) is 5.32 Å². The summed E-state index contributed by atoms with van der Waals surface area (Å²) in [5.41, 5.74) is 0.490. The summed E-state index contributed by atoms with van der Waals surface area (Å²) >= 11 is 0. The van der Waals surface area contributed by atoms with Crippen LogP contribution >= 0.6 is 0 Å². The standard InChI is InChI=1S/C14H19NO2/c1-4-7-11(5-2)15-10(3)14-12(16)8-6-9-13(14)17/h2,6,8-11,15-17H,4,7H2,1,3H3. The van der Waals surface area contributed by atoms with Crippen LogP contribution in [0.2, 0.25) is 0 Å². The number of terminal acetylenes is 1. The topological polar surface area (TPSA) is 52.5 Å². The predicted molar refractivity (Wildman–Crippen MR) is 68.9 cm³/mol. The van der Waals surface area contributed by atoms with E-state index in [0.717, 1.165) is 12.8 Å². The van der Waals surface area contributed by atoms with E-state index in [2.05, 4.69) is 18.2 Å². The van der Waals surface area contributed by atoms with Crippen molar-refractivity contribution in [2.24, 2.45) is 0 Å². The molecule has 2 atom stereocenters. The van der Waals surface area contributed by atoms with Crippen molar-refractivity contribution in [3.8, 4) is 23.8 Å². The van der Waals surface area contributed by atoms with Crippen molar-refractivity contribution < 1.29 is 10.2 Å². The number of benzene rings is 1. The maximum absolute atomic E-state index is 9.73. The zero-order valence-electron chi connectivity index (χ0n) is 10.3. The van der Waals surface area contributed by atoms with Gasteiger partial charge in [-0.05, 0) is 25.5 Å². The smallest absolute Gasteiger partial charge is 0.124 e. The Kier molecular flexibility index (Phi) is 4.86. The van der Waals surface area contributed by atoms with Gasteiger partial charge in [0.05, 0.1) is 11.6 Å². The molecule has 0 aliphatic carbocycles. The molecular weight excluding hydrogens is 214 g/mol. The average Bonchev–Trinajstić information content (AvgIpc) is 2.28. The molecule has 1 aromatic carbocycles. The molecule has 0 saturated heterocycles. The fraction of sp³-hybridized carbons (Fsp3) is 0.429. The lowest BCUT2D eigenvalue weighted by Crippen LogP contribution is -2.30. The Hall–Kier alpha value is -1.66. The van der Waals surface area contributed by atoms with Crippen LogP contribution in [0.3, 0.4) is 0 Å². The van der Waals surface area contributed by atoms with Crippen molar-refractivity contribution in [2.75, 3.05) is 0 Å². The van der Waals surface area contributed by atoms with E-state index < -0.39 is 0 Å². The van der Waals surface area contributed by atoms with Gasteiger partial charge in [0.25, 0.3) is 0 Å². The molecule has 3 nitrogen and oxygen atoms in total. The first-order valence-electron chi connectivity index (χ1n) is 5.83. The highest BCUT2D eigenvalue weighted by Gasteiger charge is 2.17. The van der Waals surface area contributed by atoms with Crippen LogP contribution in [-0.2, 0) is 0 Å². The molecular formula is C14H19NO2. The lowest BCUT2D eigenvalue weighted by Gasteiger charge is -2.20. The first-order valence-corrected chi connectivity index (χ1v) is 5.83. The van der Waals surface area contributed by atoms with E-state index in [4.69, 9.17) is 6.42 Å². The van der Waals surface area contributed by atoms with Crippen LogP contribution in [0.5, 0.6) is 11.5 Å². The number of hydrogen-bond donors (Lipinski definition) is 3. The fourth-order valence-electron chi connectivity index (χ4n) is 1.87. The summed E-state index contributed by atoms with van der Waals surface area (Å²) in [6.45, 7) is 3.93. The second kappa shape index (κ2) is 6.17. The third-order valence-corrected chi connectivity index (χ3v) is 2.72. The molecule has 0 aliphatic heterocycles. The summed E-state index contributed by atoms with van der Waals surface area (Å²) in [6.07, 6.45) is 7.28. The molecule has 3 N–H and O–H groups in total. The Bertz CT molecular complexity index is 389. The van der Waals surface area contributed by atoms with Crippen molar-refractivity contribution in [1.29, 1.82) is 0 Å². The average molecular weight is 233 g/mol. The van der Waals surface area contributed by atoms with Crippen LogP contribution in [0, 0.1) is 12.3 Å². The summed E-state index contributed by atoms with van der Waals surface area (Å²) in [7, 11) is 0. The van der Waals surface area contributed by atoms with Crippen molar-refractivity contribution >= 4 is 0 Å². The van der Waals surface area contributed by atoms with Gasteiger partial charge in [0.15, 0.2) is 0 Å². The highest BCUT2D eigenvalue weighted by Crippen LogP contribution is 2.32. The normalized spacial score (nSPS) is 13.9. The van der Waals surface area contributed by atoms with Crippen LogP contribution < -0.4 is 5.32 Å². The summed E-state index contributed by atoms with van der Waals surface area (Å²) < 4.78 is 0. The summed E-state index contributed by atoms with van der Waals surface area (Å²) in [4.78, 5) is 0. The fourth-order valence-corrected chi connectivity index (χ4v) is 1.87. The van der Waals surface area contributed by atoms with Crippen molar-refractivity contribution in [3.05, 3.63) is 23.8 Å². The monoisotopic (exact) mass is 233 g/mol. The maximum Gasteiger partial charge on any atom is 0.124 e. The number of nitrogens with one attached hydrogen (secondary N) is 1. The highest BCUT2D eigenvalue weighted by molar-refractivity contribution is 5.45. The molecule has 0 bridgehead atoms. The number of phenolic OH excluding ortho intramolecular Hbond substituents is 2. The molecule has 0 heterocycles. The van der Waals surface area contributed by atoms with Gasteiger partial charge in [-0.1, -0.05) is 25.3 Å². The Morgan fingerprint density at radius 3 is 2.41 bits per heavy atom. The molecule has 92 valence electrons. The summed E-state index contributed by atoms with van der Waals surface area (Å²) in [6, 6.07) is 4.47. The largest absolute Gasteiger partial charge is 0.507 e. The number of hydrogen-bond acceptors (Lipinski definition) is 3. The van der Waals surface area contributed by atoms with E-state index in [0.29, 0.717) is 5.56 Å². The van der Waals surface area contributed by atoms with Gasteiger partial charge < -0.3 is 10.2 Å². The Morgan fingerprint density at radius 2 is 1.94 bits per heavy atom. The van der Waals surface area contributed by atoms with Gasteiger partial charge >= 0.3 is 0 Å². The van der Waals surface area contributed by atoms with E-state index in [1.54, 1.807) is 18.2 Å². The third kappa shape index (κ3) is 3.40. The molecule has 0 fully saturated rings. The Labute approximate surface area is 102 Å². The second-order valence-corrected chi connectivity index (χ2v) is 4.11. The minimum Gasteiger partial charge on any atom is -0.507 e. The highest BCUT2D eigenvalue weighted by atomic mass is 16.3. The molecule has 1 rings (SSSR count). The quantitative estimate of drug-likeness (QED) is 0.685. The van der Waals surface area contributed by atoms with Crippen LogP contribution in [0.25, 0.3) is 0 Å². The molecule has 0 aliphatic rings. The lowest BCUT2D eigenvalue weighted by molar-refractivity contribution is 0.409. The van der Waals surface area contributed by atoms with Crippen molar-refractivity contribution in [1.82, 2.24) is 5.32 Å². The molecule has 17 heavy (non-hydrogen) atoms. The summed E-state index contributed by atoms with van der Waals surface area (Å²) in [5, 5.41) is 22.7. The first-order chi connectivity index (χ1) is 8.10. The van der Waals surface area contributed by atoms with Crippen LogP contribution in [0.15, 0.2) is 18.2 Å². The van der Waals surface area contributed by atoms with Gasteiger partial charge in [0.1, 0.15) is 11.5 Å². The van der Waals surface area contributed by atoms with Gasteiger partial charge in [0, 0.05) is 6.04 Å². The molecule has 1 aromatic rings. The Balaban J connectivity index is 2.83. The van der Waals surface area contributed by atoms with E-state index in [-0.39, 0.29) is 23.6 Å². The van der Waals surface area contributed by atoms with Crippen LogP contribution in [-0.4, -0.2) is 16.3 Å². The van der Waals surface area contributed by atoms with E-state index in [1.807, 2.05) is 6.92 Å². The number of aromatic hydroxyl groups is 2. The van der Waals surface area contributed by atoms with E-state index in [9.17, 15) is 10.2 Å². The van der Waals surface area contributed by atoms with Crippen LogP contribution in [0.1, 0.15) is 38.3 Å². The van der Waals surface area contributed by atoms with Gasteiger partial charge in [-0.25, -0.2) is 0 Å². The molecule has 0 spiro atoms. The number of phenols is 2. The lowest BCUT2D eigenvalue weighted by atomic mass is 10.0.